The first-order valence-corrected chi connectivity index (χ1v) is 9.12. The van der Waals surface area contributed by atoms with Crippen LogP contribution in [0.5, 0.6) is 5.75 Å². The minimum absolute atomic E-state index is 0.0768. The quantitative estimate of drug-likeness (QED) is 0.552. The molecule has 1 saturated heterocycles. The second-order valence-corrected chi connectivity index (χ2v) is 6.56. The van der Waals surface area contributed by atoms with Crippen molar-refractivity contribution in [3.05, 3.63) is 70.3 Å². The van der Waals surface area contributed by atoms with Crippen molar-refractivity contribution in [1.82, 2.24) is 10.2 Å². The Bertz CT molecular complexity index is 799. The highest BCUT2D eigenvalue weighted by Crippen LogP contribution is 2.18. The normalized spacial score (nSPS) is 17.1. The molecule has 1 N–H and O–H groups in total. The summed E-state index contributed by atoms with van der Waals surface area (Å²) in [7, 11) is 0. The summed E-state index contributed by atoms with van der Waals surface area (Å²) in [5.41, 5.74) is 1.17. The SMILES string of the molecule is O=C(COc1cccc([N+](=O)[O-])c1)NCC1CN(Cc2ccccc2)CCO1. The first-order valence-electron chi connectivity index (χ1n) is 9.12. The number of carbonyl (C=O) groups is 1. The second kappa shape index (κ2) is 9.82. The minimum atomic E-state index is -0.505. The number of morpholine rings is 1. The number of carbonyl (C=O) groups excluding carboxylic acids is 1. The van der Waals surface area contributed by atoms with Crippen molar-refractivity contribution in [2.45, 2.75) is 12.6 Å². The molecule has 2 aromatic carbocycles. The maximum absolute atomic E-state index is 12.0. The zero-order chi connectivity index (χ0) is 19.8. The first kappa shape index (κ1) is 19.8. The average molecular weight is 385 g/mol. The summed E-state index contributed by atoms with van der Waals surface area (Å²) < 4.78 is 11.1. The van der Waals surface area contributed by atoms with Crippen LogP contribution in [0.3, 0.4) is 0 Å². The van der Waals surface area contributed by atoms with Gasteiger partial charge >= 0.3 is 0 Å². The van der Waals surface area contributed by atoms with Crippen LogP contribution in [0.25, 0.3) is 0 Å². The van der Waals surface area contributed by atoms with Gasteiger partial charge in [0.25, 0.3) is 11.6 Å². The highest BCUT2D eigenvalue weighted by molar-refractivity contribution is 5.77. The summed E-state index contributed by atoms with van der Waals surface area (Å²) in [6.07, 6.45) is -0.0841. The van der Waals surface area contributed by atoms with E-state index in [2.05, 4.69) is 22.3 Å². The lowest BCUT2D eigenvalue weighted by atomic mass is 10.2. The topological polar surface area (TPSA) is 93.9 Å². The number of benzene rings is 2. The number of hydrogen-bond donors (Lipinski definition) is 1. The van der Waals surface area contributed by atoms with Crippen molar-refractivity contribution in [3.63, 3.8) is 0 Å². The maximum atomic E-state index is 12.0. The van der Waals surface area contributed by atoms with Crippen molar-refractivity contribution in [2.75, 3.05) is 32.8 Å². The van der Waals surface area contributed by atoms with Gasteiger partial charge in [0.1, 0.15) is 5.75 Å². The van der Waals surface area contributed by atoms with Gasteiger partial charge in [-0.25, -0.2) is 0 Å². The molecule has 148 valence electrons. The number of ether oxygens (including phenoxy) is 2. The lowest BCUT2D eigenvalue weighted by molar-refractivity contribution is -0.384. The lowest BCUT2D eigenvalue weighted by Crippen LogP contribution is -2.47. The van der Waals surface area contributed by atoms with Gasteiger partial charge in [0.15, 0.2) is 6.61 Å². The van der Waals surface area contributed by atoms with E-state index in [0.29, 0.717) is 13.2 Å². The Morgan fingerprint density at radius 1 is 1.25 bits per heavy atom. The summed E-state index contributed by atoms with van der Waals surface area (Å²) in [5, 5.41) is 13.6. The van der Waals surface area contributed by atoms with E-state index in [1.165, 1.54) is 23.8 Å². The summed E-state index contributed by atoms with van der Waals surface area (Å²) in [6.45, 7) is 3.25. The monoisotopic (exact) mass is 385 g/mol. The van der Waals surface area contributed by atoms with Gasteiger partial charge in [0, 0.05) is 32.2 Å². The number of nitro groups is 1. The Hall–Kier alpha value is -2.97. The smallest absolute Gasteiger partial charge is 0.273 e. The van der Waals surface area contributed by atoms with Crippen molar-refractivity contribution >= 4 is 11.6 Å². The average Bonchev–Trinajstić information content (AvgIpc) is 2.72. The first-order chi connectivity index (χ1) is 13.6. The van der Waals surface area contributed by atoms with Crippen LogP contribution in [0.4, 0.5) is 5.69 Å². The van der Waals surface area contributed by atoms with Gasteiger partial charge in [-0.2, -0.15) is 0 Å². The third-order valence-corrected chi connectivity index (χ3v) is 4.40. The Kier molecular flexibility index (Phi) is 6.94. The van der Waals surface area contributed by atoms with Crippen LogP contribution in [0.1, 0.15) is 5.56 Å². The van der Waals surface area contributed by atoms with E-state index in [9.17, 15) is 14.9 Å². The highest BCUT2D eigenvalue weighted by Gasteiger charge is 2.21. The molecule has 0 spiro atoms. The molecule has 1 fully saturated rings. The molecule has 0 radical (unpaired) electrons. The van der Waals surface area contributed by atoms with Crippen molar-refractivity contribution in [3.8, 4) is 5.75 Å². The molecular weight excluding hydrogens is 362 g/mol. The fraction of sp³-hybridized carbons (Fsp3) is 0.350. The molecule has 0 bridgehead atoms. The summed E-state index contributed by atoms with van der Waals surface area (Å²) in [6, 6.07) is 16.0. The Labute approximate surface area is 163 Å². The number of non-ortho nitro benzene ring substituents is 1. The Morgan fingerprint density at radius 3 is 2.86 bits per heavy atom. The molecule has 1 unspecified atom stereocenters. The molecule has 1 heterocycles. The molecular formula is C20H23N3O5. The molecule has 0 aliphatic carbocycles. The van der Waals surface area contributed by atoms with Crippen LogP contribution in [0.15, 0.2) is 54.6 Å². The van der Waals surface area contributed by atoms with Crippen LogP contribution >= 0.6 is 0 Å². The van der Waals surface area contributed by atoms with Crippen molar-refractivity contribution < 1.29 is 19.2 Å². The van der Waals surface area contributed by atoms with Crippen LogP contribution in [0, 0.1) is 10.1 Å². The lowest BCUT2D eigenvalue weighted by Gasteiger charge is -2.33. The summed E-state index contributed by atoms with van der Waals surface area (Å²) >= 11 is 0. The van der Waals surface area contributed by atoms with Gasteiger partial charge in [-0.3, -0.25) is 19.8 Å². The van der Waals surface area contributed by atoms with Gasteiger partial charge in [0.2, 0.25) is 0 Å². The van der Waals surface area contributed by atoms with Crippen LogP contribution < -0.4 is 10.1 Å². The maximum Gasteiger partial charge on any atom is 0.273 e. The Balaban J connectivity index is 1.40. The molecule has 8 nitrogen and oxygen atoms in total. The number of hydrogen-bond acceptors (Lipinski definition) is 6. The van der Waals surface area contributed by atoms with E-state index in [1.54, 1.807) is 6.07 Å². The largest absolute Gasteiger partial charge is 0.484 e. The van der Waals surface area contributed by atoms with Gasteiger partial charge in [-0.1, -0.05) is 36.4 Å². The third kappa shape index (κ3) is 6.04. The standard InChI is InChI=1S/C20H23N3O5/c24-20(15-28-18-8-4-7-17(11-18)23(25)26)21-12-19-14-22(9-10-27-19)13-16-5-2-1-3-6-16/h1-8,11,19H,9-10,12-15H2,(H,21,24). The van der Waals surface area contributed by atoms with Crippen LogP contribution in [0.2, 0.25) is 0 Å². The predicted molar refractivity (Wildman–Crippen MR) is 103 cm³/mol. The molecule has 0 saturated carbocycles. The zero-order valence-corrected chi connectivity index (χ0v) is 15.5. The molecule has 1 atom stereocenters. The summed E-state index contributed by atoms with van der Waals surface area (Å²) in [5.74, 6) is -0.0115. The van der Waals surface area contributed by atoms with E-state index in [4.69, 9.17) is 9.47 Å². The molecule has 3 rings (SSSR count). The molecule has 8 heteroatoms. The Morgan fingerprint density at radius 2 is 2.07 bits per heavy atom. The van der Waals surface area contributed by atoms with Gasteiger partial charge in [-0.05, 0) is 11.6 Å². The summed E-state index contributed by atoms with van der Waals surface area (Å²) in [4.78, 5) is 24.6. The second-order valence-electron chi connectivity index (χ2n) is 6.56. The molecule has 2 aromatic rings. The number of rotatable bonds is 8. The fourth-order valence-electron chi connectivity index (χ4n) is 3.00. The van der Waals surface area contributed by atoms with Gasteiger partial charge < -0.3 is 14.8 Å². The molecule has 1 amide bonds. The number of nitro benzene ring substituents is 1. The fourth-order valence-corrected chi connectivity index (χ4v) is 3.00. The minimum Gasteiger partial charge on any atom is -0.484 e. The van der Waals surface area contributed by atoms with E-state index < -0.39 is 4.92 Å². The van der Waals surface area contributed by atoms with E-state index >= 15 is 0 Å². The molecule has 28 heavy (non-hydrogen) atoms. The number of nitrogens with zero attached hydrogens (tertiary/aromatic N) is 2. The van der Waals surface area contributed by atoms with Crippen molar-refractivity contribution in [2.24, 2.45) is 0 Å². The third-order valence-electron chi connectivity index (χ3n) is 4.40. The highest BCUT2D eigenvalue weighted by atomic mass is 16.6. The van der Waals surface area contributed by atoms with E-state index in [0.717, 1.165) is 19.6 Å². The van der Waals surface area contributed by atoms with Crippen molar-refractivity contribution in [1.29, 1.82) is 0 Å². The zero-order valence-electron chi connectivity index (χ0n) is 15.5. The molecule has 1 aliphatic heterocycles. The predicted octanol–water partition coefficient (Wildman–Crippen LogP) is 1.99. The molecule has 0 aromatic heterocycles. The van der Waals surface area contributed by atoms with Gasteiger partial charge in [0.05, 0.1) is 23.7 Å². The van der Waals surface area contributed by atoms with E-state index in [-0.39, 0.29) is 30.1 Å². The van der Waals surface area contributed by atoms with Crippen LogP contribution in [-0.4, -0.2) is 54.7 Å². The van der Waals surface area contributed by atoms with E-state index in [1.807, 2.05) is 18.2 Å². The number of nitrogens with one attached hydrogen (secondary N) is 1. The number of amides is 1. The molecule has 1 aliphatic rings. The van der Waals surface area contributed by atoms with Crippen LogP contribution in [-0.2, 0) is 16.1 Å². The van der Waals surface area contributed by atoms with Gasteiger partial charge in [-0.15, -0.1) is 0 Å².